The smallest absolute Gasteiger partial charge is 0.132 e. The number of benzene rings is 1. The summed E-state index contributed by atoms with van der Waals surface area (Å²) in [7, 11) is 1.58. The Morgan fingerprint density at radius 1 is 1.26 bits per heavy atom. The summed E-state index contributed by atoms with van der Waals surface area (Å²) in [5.74, 6) is 0.334. The van der Waals surface area contributed by atoms with Crippen LogP contribution in [0.2, 0.25) is 4.34 Å². The fourth-order valence-electron chi connectivity index (χ4n) is 2.88. The molecule has 1 aromatic heterocycles. The van der Waals surface area contributed by atoms with Gasteiger partial charge in [0, 0.05) is 31.1 Å². The predicted molar refractivity (Wildman–Crippen MR) is 95.8 cm³/mol. The first-order valence-corrected chi connectivity index (χ1v) is 8.42. The van der Waals surface area contributed by atoms with Gasteiger partial charge in [-0.25, -0.2) is 4.39 Å². The van der Waals surface area contributed by atoms with Gasteiger partial charge in [-0.15, -0.1) is 23.7 Å². The van der Waals surface area contributed by atoms with Crippen molar-refractivity contribution in [3.8, 4) is 5.75 Å². The predicted octanol–water partition coefficient (Wildman–Crippen LogP) is 3.97. The topological polar surface area (TPSA) is 24.5 Å². The lowest BCUT2D eigenvalue weighted by atomic mass is 10.0. The zero-order chi connectivity index (χ0) is 15.5. The van der Waals surface area contributed by atoms with E-state index in [2.05, 4.69) is 10.2 Å². The second-order valence-corrected chi connectivity index (χ2v) is 6.93. The molecular weight excluding hydrogens is 358 g/mol. The van der Waals surface area contributed by atoms with Crippen molar-refractivity contribution in [2.24, 2.45) is 0 Å². The normalized spacial score (nSPS) is 16.7. The Balaban J connectivity index is 0.00000192. The molecule has 0 bridgehead atoms. The van der Waals surface area contributed by atoms with E-state index in [4.69, 9.17) is 16.3 Å². The number of nitrogens with one attached hydrogen (secondary N) is 1. The summed E-state index contributed by atoms with van der Waals surface area (Å²) in [5.41, 5.74) is 0.588. The standard InChI is InChI=1S/C16H18ClFN2OS.ClH/c1-21-12-4-2-3-11(18)15(12)16(13-5-6-14(17)22-13)20-9-7-19-8-10-20;/h2-6,16,19H,7-10H2,1H3;1H/t16-;/m1./s1. The van der Waals surface area contributed by atoms with Crippen LogP contribution in [0.25, 0.3) is 0 Å². The van der Waals surface area contributed by atoms with Crippen LogP contribution in [0.15, 0.2) is 30.3 Å². The van der Waals surface area contributed by atoms with Crippen LogP contribution in [0.3, 0.4) is 0 Å². The molecule has 2 heterocycles. The number of halogens is 3. The van der Waals surface area contributed by atoms with Gasteiger partial charge in [-0.1, -0.05) is 17.7 Å². The van der Waals surface area contributed by atoms with Crippen LogP contribution >= 0.6 is 35.3 Å². The molecule has 2 aromatic rings. The summed E-state index contributed by atoms with van der Waals surface area (Å²) in [6.45, 7) is 3.51. The van der Waals surface area contributed by atoms with Crippen LogP contribution in [0.4, 0.5) is 4.39 Å². The largest absolute Gasteiger partial charge is 0.496 e. The number of hydrogen-bond donors (Lipinski definition) is 1. The van der Waals surface area contributed by atoms with Crippen molar-refractivity contribution in [2.45, 2.75) is 6.04 Å². The Morgan fingerprint density at radius 2 is 2.00 bits per heavy atom. The van der Waals surface area contributed by atoms with Gasteiger partial charge in [0.05, 0.1) is 23.1 Å². The Labute approximate surface area is 150 Å². The molecule has 3 nitrogen and oxygen atoms in total. The van der Waals surface area contributed by atoms with Gasteiger partial charge in [0.25, 0.3) is 0 Å². The third kappa shape index (κ3) is 3.98. The lowest BCUT2D eigenvalue weighted by molar-refractivity contribution is 0.194. The zero-order valence-electron chi connectivity index (χ0n) is 12.7. The monoisotopic (exact) mass is 376 g/mol. The van der Waals surface area contributed by atoms with E-state index in [9.17, 15) is 4.39 Å². The summed E-state index contributed by atoms with van der Waals surface area (Å²) in [5, 5.41) is 3.33. The highest BCUT2D eigenvalue weighted by molar-refractivity contribution is 7.16. The van der Waals surface area contributed by atoms with Crippen molar-refractivity contribution in [3.63, 3.8) is 0 Å². The molecule has 126 valence electrons. The van der Waals surface area contributed by atoms with E-state index < -0.39 is 0 Å². The molecule has 7 heteroatoms. The summed E-state index contributed by atoms with van der Waals surface area (Å²) in [6, 6.07) is 8.64. The molecule has 1 fully saturated rings. The van der Waals surface area contributed by atoms with Crippen LogP contribution in [-0.4, -0.2) is 38.2 Å². The van der Waals surface area contributed by atoms with Crippen LogP contribution in [0.5, 0.6) is 5.75 Å². The summed E-state index contributed by atoms with van der Waals surface area (Å²) in [6.07, 6.45) is 0. The summed E-state index contributed by atoms with van der Waals surface area (Å²) < 4.78 is 20.7. The molecule has 0 saturated carbocycles. The minimum Gasteiger partial charge on any atom is -0.496 e. The van der Waals surface area contributed by atoms with Gasteiger partial charge in [-0.2, -0.15) is 0 Å². The minimum atomic E-state index is -0.243. The molecular formula is C16H19Cl2FN2OS. The SMILES string of the molecule is COc1cccc(F)c1[C@@H](c1ccc(Cl)s1)N1CCNCC1.Cl. The molecule has 1 aromatic carbocycles. The minimum absolute atomic E-state index is 0. The third-order valence-electron chi connectivity index (χ3n) is 3.89. The quantitative estimate of drug-likeness (QED) is 0.873. The first-order valence-electron chi connectivity index (χ1n) is 7.23. The second kappa shape index (κ2) is 8.31. The number of nitrogens with zero attached hydrogens (tertiary/aromatic N) is 1. The van der Waals surface area contributed by atoms with E-state index in [1.807, 2.05) is 18.2 Å². The highest BCUT2D eigenvalue weighted by Crippen LogP contribution is 2.40. The highest BCUT2D eigenvalue weighted by atomic mass is 35.5. The van der Waals surface area contributed by atoms with Crippen molar-refractivity contribution in [1.82, 2.24) is 10.2 Å². The number of piperazine rings is 1. The van der Waals surface area contributed by atoms with E-state index in [-0.39, 0.29) is 24.3 Å². The molecule has 0 amide bonds. The maximum atomic E-state index is 14.6. The fraction of sp³-hybridized carbons (Fsp3) is 0.375. The molecule has 23 heavy (non-hydrogen) atoms. The second-order valence-electron chi connectivity index (χ2n) is 5.19. The lowest BCUT2D eigenvalue weighted by Crippen LogP contribution is -2.45. The number of hydrogen-bond acceptors (Lipinski definition) is 4. The Kier molecular flexibility index (Phi) is 6.68. The van der Waals surface area contributed by atoms with Crippen LogP contribution < -0.4 is 10.1 Å². The van der Waals surface area contributed by atoms with Gasteiger partial charge < -0.3 is 10.1 Å². The third-order valence-corrected chi connectivity index (χ3v) is 5.17. The van der Waals surface area contributed by atoms with E-state index in [1.165, 1.54) is 17.4 Å². The summed E-state index contributed by atoms with van der Waals surface area (Å²) in [4.78, 5) is 3.31. The number of thiophene rings is 1. The van der Waals surface area contributed by atoms with Gasteiger partial charge in [0.15, 0.2) is 0 Å². The lowest BCUT2D eigenvalue weighted by Gasteiger charge is -2.35. The molecule has 0 spiro atoms. The molecule has 1 aliphatic rings. The number of methoxy groups -OCH3 is 1. The Morgan fingerprint density at radius 3 is 2.61 bits per heavy atom. The van der Waals surface area contributed by atoms with E-state index in [0.717, 1.165) is 31.1 Å². The van der Waals surface area contributed by atoms with E-state index in [0.29, 0.717) is 15.6 Å². The molecule has 0 radical (unpaired) electrons. The molecule has 1 atom stereocenters. The van der Waals surface area contributed by atoms with Crippen LogP contribution in [0.1, 0.15) is 16.5 Å². The van der Waals surface area contributed by atoms with Crippen LogP contribution in [0, 0.1) is 5.82 Å². The number of ether oxygens (including phenoxy) is 1. The van der Waals surface area contributed by atoms with Gasteiger partial charge in [-0.05, 0) is 24.3 Å². The zero-order valence-corrected chi connectivity index (χ0v) is 15.1. The van der Waals surface area contributed by atoms with Crippen molar-refractivity contribution in [1.29, 1.82) is 0 Å². The van der Waals surface area contributed by atoms with E-state index >= 15 is 0 Å². The maximum Gasteiger partial charge on any atom is 0.132 e. The van der Waals surface area contributed by atoms with Gasteiger partial charge in [0.2, 0.25) is 0 Å². The molecule has 3 rings (SSSR count). The Hall–Kier alpha value is -0.850. The first kappa shape index (κ1) is 18.5. The van der Waals surface area contributed by atoms with Gasteiger partial charge in [-0.3, -0.25) is 4.90 Å². The molecule has 0 unspecified atom stereocenters. The van der Waals surface area contributed by atoms with Crippen molar-refractivity contribution in [3.05, 3.63) is 50.9 Å². The molecule has 0 aliphatic carbocycles. The summed E-state index contributed by atoms with van der Waals surface area (Å²) >= 11 is 7.60. The first-order chi connectivity index (χ1) is 10.7. The number of rotatable bonds is 4. The fourth-order valence-corrected chi connectivity index (χ4v) is 4.09. The van der Waals surface area contributed by atoms with Crippen molar-refractivity contribution < 1.29 is 9.13 Å². The molecule has 1 N–H and O–H groups in total. The average molecular weight is 377 g/mol. The molecule has 1 saturated heterocycles. The molecule has 1 aliphatic heterocycles. The highest BCUT2D eigenvalue weighted by Gasteiger charge is 2.30. The average Bonchev–Trinajstić information content (AvgIpc) is 2.96. The maximum absolute atomic E-state index is 14.6. The van der Waals surface area contributed by atoms with Crippen molar-refractivity contribution >= 4 is 35.3 Å². The Bertz CT molecular complexity index is 647. The van der Waals surface area contributed by atoms with Crippen LogP contribution in [-0.2, 0) is 0 Å². The van der Waals surface area contributed by atoms with Gasteiger partial charge in [0.1, 0.15) is 11.6 Å². The van der Waals surface area contributed by atoms with Gasteiger partial charge >= 0.3 is 0 Å². The van der Waals surface area contributed by atoms with Crippen molar-refractivity contribution in [2.75, 3.05) is 33.3 Å². The van der Waals surface area contributed by atoms with E-state index in [1.54, 1.807) is 13.2 Å².